The van der Waals surface area contributed by atoms with Gasteiger partial charge >= 0.3 is 11.9 Å². The molecule has 5 nitrogen and oxygen atoms in total. The van der Waals surface area contributed by atoms with Crippen molar-refractivity contribution >= 4 is 22.9 Å². The third kappa shape index (κ3) is 2.01. The highest BCUT2D eigenvalue weighted by Gasteiger charge is 2.27. The van der Waals surface area contributed by atoms with Crippen LogP contribution in [-0.4, -0.2) is 23.6 Å². The van der Waals surface area contributed by atoms with E-state index in [1.54, 1.807) is 0 Å². The van der Waals surface area contributed by atoms with E-state index in [4.69, 9.17) is 4.74 Å². The van der Waals surface area contributed by atoms with Crippen LogP contribution in [0.4, 0.5) is 5.95 Å². The molecule has 1 fully saturated rings. The number of aromatic nitrogens is 2. The van der Waals surface area contributed by atoms with Gasteiger partial charge in [0.05, 0.1) is 0 Å². The number of benzene rings is 1. The van der Waals surface area contributed by atoms with Gasteiger partial charge in [-0.15, -0.1) is 0 Å². The van der Waals surface area contributed by atoms with Gasteiger partial charge in [0, 0.05) is 6.61 Å². The number of aromatic amines is 2. The lowest BCUT2D eigenvalue weighted by Gasteiger charge is -2.03. The van der Waals surface area contributed by atoms with Crippen molar-refractivity contribution in [1.29, 1.82) is 0 Å². The summed E-state index contributed by atoms with van der Waals surface area (Å²) in [6.45, 7) is 0.675. The molecule has 3 N–H and O–H groups in total. The van der Waals surface area contributed by atoms with E-state index >= 15 is 0 Å². The summed E-state index contributed by atoms with van der Waals surface area (Å²) in [5.74, 6) is 0.511. The van der Waals surface area contributed by atoms with Crippen LogP contribution in [0.15, 0.2) is 24.3 Å². The molecule has 1 aromatic heterocycles. The molecule has 1 atom stereocenters. The van der Waals surface area contributed by atoms with Crippen LogP contribution in [0.5, 0.6) is 0 Å². The van der Waals surface area contributed by atoms with Crippen LogP contribution >= 0.6 is 0 Å². The van der Waals surface area contributed by atoms with Gasteiger partial charge in [0.15, 0.2) is 6.10 Å². The maximum atomic E-state index is 11.8. The van der Waals surface area contributed by atoms with Crippen LogP contribution in [0.1, 0.15) is 12.8 Å². The average Bonchev–Trinajstić information content (AvgIpc) is 2.97. The minimum Gasteiger partial charge on any atom is -0.367 e. The average molecular weight is 232 g/mol. The molecule has 0 saturated carbocycles. The number of imidazole rings is 1. The fraction of sp³-hybridized carbons (Fsp3) is 0.333. The zero-order valence-electron chi connectivity index (χ0n) is 9.32. The number of amides is 1. The molecule has 88 valence electrons. The van der Waals surface area contributed by atoms with Crippen LogP contribution < -0.4 is 10.3 Å². The molecule has 0 aliphatic carbocycles. The molecule has 1 aliphatic heterocycles. The second-order valence-electron chi connectivity index (χ2n) is 4.16. The zero-order valence-corrected chi connectivity index (χ0v) is 9.32. The number of H-pyrrole nitrogens is 2. The second kappa shape index (κ2) is 4.18. The van der Waals surface area contributed by atoms with E-state index in [9.17, 15) is 4.79 Å². The summed E-state index contributed by atoms with van der Waals surface area (Å²) < 4.78 is 5.32. The summed E-state index contributed by atoms with van der Waals surface area (Å²) >= 11 is 0. The Morgan fingerprint density at radius 1 is 1.47 bits per heavy atom. The van der Waals surface area contributed by atoms with Gasteiger partial charge in [0.2, 0.25) is 0 Å². The second-order valence-corrected chi connectivity index (χ2v) is 4.16. The van der Waals surface area contributed by atoms with Crippen molar-refractivity contribution in [2.75, 3.05) is 11.9 Å². The third-order valence-corrected chi connectivity index (χ3v) is 2.92. The Balaban J connectivity index is 1.77. The molecular weight excluding hydrogens is 218 g/mol. The lowest BCUT2D eigenvalue weighted by Crippen LogP contribution is -2.29. The summed E-state index contributed by atoms with van der Waals surface area (Å²) in [7, 11) is 0. The van der Waals surface area contributed by atoms with E-state index in [0.29, 0.717) is 12.6 Å². The number of carbonyl (C=O) groups excluding carboxylic acids is 1. The van der Waals surface area contributed by atoms with E-state index in [0.717, 1.165) is 23.9 Å². The lowest BCUT2D eigenvalue weighted by atomic mass is 10.2. The summed E-state index contributed by atoms with van der Waals surface area (Å²) in [6.07, 6.45) is 1.44. The zero-order chi connectivity index (χ0) is 11.7. The predicted octanol–water partition coefficient (Wildman–Crippen LogP) is 1.10. The molecule has 1 unspecified atom stereocenters. The van der Waals surface area contributed by atoms with Crippen LogP contribution in [0.25, 0.3) is 11.0 Å². The Morgan fingerprint density at radius 3 is 3.12 bits per heavy atom. The molecule has 2 heterocycles. The number of para-hydroxylation sites is 2. The Hall–Kier alpha value is -1.88. The van der Waals surface area contributed by atoms with Crippen molar-refractivity contribution in [3.63, 3.8) is 0 Å². The highest BCUT2D eigenvalue weighted by atomic mass is 16.5. The quantitative estimate of drug-likeness (QED) is 0.814. The van der Waals surface area contributed by atoms with Crippen LogP contribution in [-0.2, 0) is 9.53 Å². The van der Waals surface area contributed by atoms with Gasteiger partial charge in [-0.05, 0) is 25.0 Å². The Bertz CT molecular complexity index is 510. The van der Waals surface area contributed by atoms with Crippen molar-refractivity contribution in [1.82, 2.24) is 4.98 Å². The first-order valence-corrected chi connectivity index (χ1v) is 5.75. The van der Waals surface area contributed by atoms with Crippen molar-refractivity contribution < 1.29 is 14.5 Å². The normalized spacial score (nSPS) is 19.6. The first-order chi connectivity index (χ1) is 8.33. The highest BCUT2D eigenvalue weighted by Crippen LogP contribution is 2.14. The summed E-state index contributed by atoms with van der Waals surface area (Å²) in [6, 6.07) is 7.79. The van der Waals surface area contributed by atoms with Crippen molar-refractivity contribution in [2.45, 2.75) is 18.9 Å². The molecule has 3 rings (SSSR count). The molecule has 1 aromatic carbocycles. The maximum Gasteiger partial charge on any atom is 0.360 e. The Kier molecular flexibility index (Phi) is 2.53. The first kappa shape index (κ1) is 10.3. The fourth-order valence-electron chi connectivity index (χ4n) is 2.05. The molecule has 1 saturated heterocycles. The maximum absolute atomic E-state index is 11.8. The molecule has 1 aliphatic rings. The van der Waals surface area contributed by atoms with Crippen molar-refractivity contribution in [3.05, 3.63) is 24.3 Å². The molecule has 0 radical (unpaired) electrons. The SMILES string of the molecule is O=C(Nc1[nH]c2ccccc2[nH+]1)C1CCCO1. The fourth-order valence-corrected chi connectivity index (χ4v) is 2.05. The molecular formula is C12H14N3O2+. The summed E-state index contributed by atoms with van der Waals surface area (Å²) in [5, 5.41) is 2.80. The number of fused-ring (bicyclic) bond motifs is 1. The van der Waals surface area contributed by atoms with Gasteiger partial charge in [0.25, 0.3) is 0 Å². The summed E-state index contributed by atoms with van der Waals surface area (Å²) in [4.78, 5) is 18.0. The Morgan fingerprint density at radius 2 is 2.35 bits per heavy atom. The van der Waals surface area contributed by atoms with E-state index < -0.39 is 0 Å². The van der Waals surface area contributed by atoms with Gasteiger partial charge in [0.1, 0.15) is 11.0 Å². The topological polar surface area (TPSA) is 68.3 Å². The van der Waals surface area contributed by atoms with Gasteiger partial charge in [-0.3, -0.25) is 4.79 Å². The van der Waals surface area contributed by atoms with Gasteiger partial charge < -0.3 is 4.74 Å². The van der Waals surface area contributed by atoms with Crippen LogP contribution in [0.3, 0.4) is 0 Å². The van der Waals surface area contributed by atoms with Crippen molar-refractivity contribution in [2.24, 2.45) is 0 Å². The Labute approximate surface area is 98.2 Å². The van der Waals surface area contributed by atoms with E-state index in [2.05, 4.69) is 15.3 Å². The number of hydrogen-bond acceptors (Lipinski definition) is 2. The first-order valence-electron chi connectivity index (χ1n) is 5.75. The molecule has 1 amide bonds. The van der Waals surface area contributed by atoms with Gasteiger partial charge in [-0.1, -0.05) is 12.1 Å². The summed E-state index contributed by atoms with van der Waals surface area (Å²) in [5.41, 5.74) is 1.94. The lowest BCUT2D eigenvalue weighted by molar-refractivity contribution is -0.326. The minimum atomic E-state index is -0.310. The minimum absolute atomic E-state index is 0.0923. The number of anilines is 1. The van der Waals surface area contributed by atoms with Crippen LogP contribution in [0.2, 0.25) is 0 Å². The molecule has 5 heteroatoms. The molecule has 0 bridgehead atoms. The molecule has 2 aromatic rings. The van der Waals surface area contributed by atoms with E-state index in [-0.39, 0.29) is 12.0 Å². The van der Waals surface area contributed by atoms with E-state index in [1.807, 2.05) is 24.3 Å². The standard InChI is InChI=1S/C12H13N3O2/c16-11(10-6-3-7-17-10)15-12-13-8-4-1-2-5-9(8)14-12/h1-2,4-5,10H,3,6-7H2,(H2,13,14,15,16)/p+1. The number of nitrogens with one attached hydrogen (secondary N) is 3. The van der Waals surface area contributed by atoms with E-state index in [1.165, 1.54) is 0 Å². The predicted molar refractivity (Wildman–Crippen MR) is 62.5 cm³/mol. The third-order valence-electron chi connectivity index (χ3n) is 2.92. The number of ether oxygens (including phenoxy) is 1. The number of hydrogen-bond donors (Lipinski definition) is 2. The largest absolute Gasteiger partial charge is 0.367 e. The number of rotatable bonds is 2. The smallest absolute Gasteiger partial charge is 0.360 e. The molecule has 0 spiro atoms. The highest BCUT2D eigenvalue weighted by molar-refractivity contribution is 5.93. The van der Waals surface area contributed by atoms with Gasteiger partial charge in [-0.25, -0.2) is 15.3 Å². The monoisotopic (exact) mass is 232 g/mol. The van der Waals surface area contributed by atoms with Crippen molar-refractivity contribution in [3.8, 4) is 0 Å². The number of carbonyl (C=O) groups is 1. The van der Waals surface area contributed by atoms with Gasteiger partial charge in [-0.2, -0.15) is 0 Å². The molecule has 17 heavy (non-hydrogen) atoms. The van der Waals surface area contributed by atoms with Crippen LogP contribution in [0, 0.1) is 0 Å².